The number of Topliss-reactive ketones (excluding diaryl/α,β-unsaturated/α-hetero) is 1. The summed E-state index contributed by atoms with van der Waals surface area (Å²) in [4.78, 5) is 14.7. The van der Waals surface area contributed by atoms with Gasteiger partial charge in [-0.15, -0.1) is 0 Å². The van der Waals surface area contributed by atoms with Gasteiger partial charge in [-0.1, -0.05) is 44.5 Å². The van der Waals surface area contributed by atoms with Crippen molar-refractivity contribution in [1.29, 1.82) is 0 Å². The first kappa shape index (κ1) is 16.2. The lowest BCUT2D eigenvalue weighted by molar-refractivity contribution is 0.0788. The molecule has 0 aliphatic heterocycles. The molecule has 0 spiro atoms. The number of ketones is 1. The predicted molar refractivity (Wildman–Crippen MR) is 85.8 cm³/mol. The zero-order valence-electron chi connectivity index (χ0n) is 13.2. The van der Waals surface area contributed by atoms with E-state index in [0.29, 0.717) is 18.5 Å². The van der Waals surface area contributed by atoms with Crippen LogP contribution in [-0.4, -0.2) is 41.5 Å². The molecular weight excluding hydrogens is 262 g/mol. The largest absolute Gasteiger partial charge is 0.396 e. The molecule has 0 aromatic heterocycles. The number of aliphatic hydroxyl groups excluding tert-OH is 1. The summed E-state index contributed by atoms with van der Waals surface area (Å²) in [5.74, 6) is 0.681. The molecule has 0 heterocycles. The lowest BCUT2D eigenvalue weighted by atomic mass is 9.91. The Morgan fingerprint density at radius 1 is 1.29 bits per heavy atom. The van der Waals surface area contributed by atoms with Gasteiger partial charge in [0.25, 0.3) is 0 Å². The fraction of sp³-hybridized carbons (Fsp3) is 0.611. The summed E-state index contributed by atoms with van der Waals surface area (Å²) in [6.07, 6.45) is 4.38. The van der Waals surface area contributed by atoms with Gasteiger partial charge < -0.3 is 5.11 Å². The molecule has 2 rings (SSSR count). The van der Waals surface area contributed by atoms with E-state index in [-0.39, 0.29) is 12.4 Å². The normalized spacial score (nSPS) is 15.5. The first-order chi connectivity index (χ1) is 10.1. The Labute approximate surface area is 128 Å². The fourth-order valence-corrected chi connectivity index (χ4v) is 2.75. The highest BCUT2D eigenvalue weighted by Crippen LogP contribution is 2.25. The molecule has 0 atom stereocenters. The second-order valence-corrected chi connectivity index (χ2v) is 6.33. The van der Waals surface area contributed by atoms with Crippen molar-refractivity contribution >= 4 is 5.78 Å². The first-order valence-electron chi connectivity index (χ1n) is 8.10. The number of benzene rings is 1. The standard InChI is InChI=1S/C18H27NO2/c1-14(2)15-7-9-16(10-8-15)18(21)13-19(11-4-12-20)17-5-3-6-17/h7-10,14,17,20H,3-6,11-13H2,1-2H3. The SMILES string of the molecule is CC(C)c1ccc(C(=O)CN(CCCO)C2CCC2)cc1. The van der Waals surface area contributed by atoms with Gasteiger partial charge in [-0.2, -0.15) is 0 Å². The van der Waals surface area contributed by atoms with Gasteiger partial charge in [-0.3, -0.25) is 9.69 Å². The van der Waals surface area contributed by atoms with E-state index in [1.54, 1.807) is 0 Å². The van der Waals surface area contributed by atoms with Crippen LogP contribution in [0.15, 0.2) is 24.3 Å². The monoisotopic (exact) mass is 289 g/mol. The summed E-state index contributed by atoms with van der Waals surface area (Å²) in [5.41, 5.74) is 2.07. The molecule has 1 N–H and O–H groups in total. The molecule has 1 aromatic carbocycles. The van der Waals surface area contributed by atoms with Gasteiger partial charge in [0.1, 0.15) is 0 Å². The van der Waals surface area contributed by atoms with Gasteiger partial charge in [0.05, 0.1) is 6.54 Å². The van der Waals surface area contributed by atoms with E-state index in [9.17, 15) is 4.79 Å². The van der Waals surface area contributed by atoms with Gasteiger partial charge in [-0.25, -0.2) is 0 Å². The van der Waals surface area contributed by atoms with Gasteiger partial charge in [0.15, 0.2) is 5.78 Å². The van der Waals surface area contributed by atoms with E-state index in [1.807, 2.05) is 12.1 Å². The Bertz CT molecular complexity index is 449. The number of carbonyl (C=O) groups excluding carboxylic acids is 1. The molecule has 3 nitrogen and oxygen atoms in total. The van der Waals surface area contributed by atoms with Gasteiger partial charge >= 0.3 is 0 Å². The maximum atomic E-state index is 12.4. The molecule has 1 aliphatic carbocycles. The Morgan fingerprint density at radius 2 is 1.95 bits per heavy atom. The molecule has 1 fully saturated rings. The number of rotatable bonds is 8. The molecule has 0 amide bonds. The van der Waals surface area contributed by atoms with Crippen LogP contribution in [0.1, 0.15) is 61.4 Å². The Hall–Kier alpha value is -1.19. The highest BCUT2D eigenvalue weighted by molar-refractivity contribution is 5.97. The smallest absolute Gasteiger partial charge is 0.176 e. The summed E-state index contributed by atoms with van der Waals surface area (Å²) >= 11 is 0. The van der Waals surface area contributed by atoms with Crippen molar-refractivity contribution in [3.63, 3.8) is 0 Å². The van der Waals surface area contributed by atoms with Gasteiger partial charge in [-0.05, 0) is 30.7 Å². The average Bonchev–Trinajstić information content (AvgIpc) is 2.42. The van der Waals surface area contributed by atoms with Gasteiger partial charge in [0.2, 0.25) is 0 Å². The van der Waals surface area contributed by atoms with Crippen LogP contribution in [0.2, 0.25) is 0 Å². The topological polar surface area (TPSA) is 40.5 Å². The van der Waals surface area contributed by atoms with Crippen LogP contribution in [0, 0.1) is 0 Å². The highest BCUT2D eigenvalue weighted by Gasteiger charge is 2.26. The van der Waals surface area contributed by atoms with Crippen LogP contribution in [0.5, 0.6) is 0 Å². The van der Waals surface area contributed by atoms with Gasteiger partial charge in [0, 0.05) is 24.8 Å². The maximum Gasteiger partial charge on any atom is 0.176 e. The lowest BCUT2D eigenvalue weighted by Gasteiger charge is -2.37. The number of hydrogen-bond acceptors (Lipinski definition) is 3. The van der Waals surface area contributed by atoms with E-state index in [0.717, 1.165) is 18.5 Å². The van der Waals surface area contributed by atoms with E-state index < -0.39 is 0 Å². The fourth-order valence-electron chi connectivity index (χ4n) is 2.75. The molecule has 21 heavy (non-hydrogen) atoms. The van der Waals surface area contributed by atoms with Crippen LogP contribution < -0.4 is 0 Å². The molecule has 0 radical (unpaired) electrons. The van der Waals surface area contributed by atoms with Crippen molar-refractivity contribution in [2.75, 3.05) is 19.7 Å². The molecule has 0 unspecified atom stereocenters. The molecule has 0 bridgehead atoms. The molecule has 0 saturated heterocycles. The molecule has 116 valence electrons. The molecule has 1 aliphatic rings. The van der Waals surface area contributed by atoms with Crippen molar-refractivity contribution < 1.29 is 9.90 Å². The van der Waals surface area contributed by atoms with Crippen molar-refractivity contribution in [1.82, 2.24) is 4.90 Å². The summed E-state index contributed by atoms with van der Waals surface area (Å²) in [6.45, 7) is 5.80. The molecule has 1 aromatic rings. The van der Waals surface area contributed by atoms with Crippen LogP contribution >= 0.6 is 0 Å². The highest BCUT2D eigenvalue weighted by atomic mass is 16.3. The lowest BCUT2D eigenvalue weighted by Crippen LogP contribution is -2.43. The third-order valence-electron chi connectivity index (χ3n) is 4.44. The number of aliphatic hydroxyl groups is 1. The van der Waals surface area contributed by atoms with Crippen LogP contribution in [-0.2, 0) is 0 Å². The summed E-state index contributed by atoms with van der Waals surface area (Å²) in [6, 6.07) is 8.54. The van der Waals surface area contributed by atoms with E-state index >= 15 is 0 Å². The zero-order valence-corrected chi connectivity index (χ0v) is 13.2. The average molecular weight is 289 g/mol. The minimum absolute atomic E-state index is 0.190. The van der Waals surface area contributed by atoms with E-state index in [4.69, 9.17) is 5.11 Å². The van der Waals surface area contributed by atoms with Crippen molar-refractivity contribution in [3.8, 4) is 0 Å². The zero-order chi connectivity index (χ0) is 15.2. The van der Waals surface area contributed by atoms with Crippen molar-refractivity contribution in [3.05, 3.63) is 35.4 Å². The third-order valence-corrected chi connectivity index (χ3v) is 4.44. The summed E-state index contributed by atoms with van der Waals surface area (Å²) in [7, 11) is 0. The van der Waals surface area contributed by atoms with Crippen LogP contribution in [0.4, 0.5) is 0 Å². The Morgan fingerprint density at radius 3 is 2.43 bits per heavy atom. The second-order valence-electron chi connectivity index (χ2n) is 6.33. The van der Waals surface area contributed by atoms with Crippen LogP contribution in [0.25, 0.3) is 0 Å². The quantitative estimate of drug-likeness (QED) is 0.747. The Kier molecular flexibility index (Phi) is 5.95. The van der Waals surface area contributed by atoms with E-state index in [1.165, 1.54) is 24.8 Å². The van der Waals surface area contributed by atoms with E-state index in [2.05, 4.69) is 30.9 Å². The summed E-state index contributed by atoms with van der Waals surface area (Å²) in [5, 5.41) is 9.01. The number of nitrogens with zero attached hydrogens (tertiary/aromatic N) is 1. The first-order valence-corrected chi connectivity index (χ1v) is 8.10. The van der Waals surface area contributed by atoms with Crippen LogP contribution in [0.3, 0.4) is 0 Å². The summed E-state index contributed by atoms with van der Waals surface area (Å²) < 4.78 is 0. The Balaban J connectivity index is 1.97. The van der Waals surface area contributed by atoms with Crippen molar-refractivity contribution in [2.24, 2.45) is 0 Å². The van der Waals surface area contributed by atoms with Crippen molar-refractivity contribution in [2.45, 2.75) is 51.5 Å². The third kappa shape index (κ3) is 4.39. The molecule has 1 saturated carbocycles. The maximum absolute atomic E-state index is 12.4. The molecule has 3 heteroatoms. The predicted octanol–water partition coefficient (Wildman–Crippen LogP) is 3.23. The molecular formula is C18H27NO2. The minimum atomic E-state index is 0.190. The minimum Gasteiger partial charge on any atom is -0.396 e. The second kappa shape index (κ2) is 7.71. The number of carbonyl (C=O) groups is 1. The number of hydrogen-bond donors (Lipinski definition) is 1.